The van der Waals surface area contributed by atoms with E-state index in [0.717, 1.165) is 11.0 Å². The number of nitrogens with zero attached hydrogens (tertiary/aromatic N) is 2. The van der Waals surface area contributed by atoms with Gasteiger partial charge in [0.25, 0.3) is 0 Å². The molecule has 88 valence electrons. The van der Waals surface area contributed by atoms with Gasteiger partial charge in [0.1, 0.15) is 5.82 Å². The van der Waals surface area contributed by atoms with Gasteiger partial charge in [0.05, 0.1) is 0 Å². The Bertz CT molecular complexity index is 338. The Balaban J connectivity index is 1.58. The lowest BCUT2D eigenvalue weighted by molar-refractivity contribution is 0.619. The molecule has 0 aliphatic heterocycles. The zero-order valence-electron chi connectivity index (χ0n) is 9.61. The Morgan fingerprint density at radius 1 is 1.00 bits per heavy atom. The molecular weight excluding hydrogens is 218 g/mol. The van der Waals surface area contributed by atoms with Crippen LogP contribution in [0.1, 0.15) is 63.1 Å². The molecule has 16 heavy (non-hydrogen) atoms. The second-order valence-corrected chi connectivity index (χ2v) is 5.82. The van der Waals surface area contributed by atoms with E-state index in [0.29, 0.717) is 12.0 Å². The first-order valence-corrected chi connectivity index (χ1v) is 7.29. The third-order valence-electron chi connectivity index (χ3n) is 3.57. The van der Waals surface area contributed by atoms with Gasteiger partial charge < -0.3 is 5.32 Å². The van der Waals surface area contributed by atoms with Gasteiger partial charge in [0, 0.05) is 23.5 Å². The summed E-state index contributed by atoms with van der Waals surface area (Å²) in [7, 11) is 0. The number of hydrogen-bond acceptors (Lipinski definition) is 4. The van der Waals surface area contributed by atoms with Gasteiger partial charge >= 0.3 is 0 Å². The molecule has 1 aromatic heterocycles. The van der Waals surface area contributed by atoms with Gasteiger partial charge in [-0.25, -0.2) is 4.98 Å². The number of hydrogen-bond donors (Lipinski definition) is 1. The van der Waals surface area contributed by atoms with Crippen molar-refractivity contribution in [2.75, 3.05) is 5.32 Å². The van der Waals surface area contributed by atoms with Crippen molar-refractivity contribution in [1.29, 1.82) is 0 Å². The molecule has 0 unspecified atom stereocenters. The molecule has 0 spiro atoms. The fraction of sp³-hybridized carbons (Fsp3) is 0.833. The second-order valence-electron chi connectivity index (χ2n) is 5.06. The zero-order chi connectivity index (χ0) is 10.8. The molecule has 0 bridgehead atoms. The molecule has 2 fully saturated rings. The normalized spacial score (nSPS) is 23.0. The van der Waals surface area contributed by atoms with Crippen LogP contribution in [-0.2, 0) is 0 Å². The van der Waals surface area contributed by atoms with Gasteiger partial charge in [0.15, 0.2) is 0 Å². The highest BCUT2D eigenvalue weighted by Crippen LogP contribution is 2.39. The standard InChI is InChI=1S/C12H19N3S/c1-2-4-6-10(5-3-1)13-12-14-11(15-16-12)9-7-8-9/h9-10H,1-8H2,(H,13,14,15). The largest absolute Gasteiger partial charge is 0.358 e. The molecule has 0 aromatic carbocycles. The van der Waals surface area contributed by atoms with Gasteiger partial charge in [-0.2, -0.15) is 4.37 Å². The SMILES string of the molecule is C1CCCC(Nc2nc(C3CC3)ns2)CC1. The van der Waals surface area contributed by atoms with Crippen molar-refractivity contribution in [2.24, 2.45) is 0 Å². The Kier molecular flexibility index (Phi) is 3.09. The lowest BCUT2D eigenvalue weighted by Gasteiger charge is -2.14. The first kappa shape index (κ1) is 10.5. The molecule has 1 aromatic rings. The van der Waals surface area contributed by atoms with E-state index >= 15 is 0 Å². The molecule has 1 N–H and O–H groups in total. The van der Waals surface area contributed by atoms with Gasteiger partial charge in [-0.3, -0.25) is 0 Å². The third kappa shape index (κ3) is 2.54. The lowest BCUT2D eigenvalue weighted by Crippen LogP contribution is -2.17. The molecule has 3 nitrogen and oxygen atoms in total. The fourth-order valence-corrected chi connectivity index (χ4v) is 3.12. The third-order valence-corrected chi connectivity index (χ3v) is 4.23. The van der Waals surface area contributed by atoms with Crippen molar-refractivity contribution in [3.05, 3.63) is 5.82 Å². The zero-order valence-corrected chi connectivity index (χ0v) is 10.4. The molecule has 2 aliphatic rings. The summed E-state index contributed by atoms with van der Waals surface area (Å²) in [5.74, 6) is 1.77. The van der Waals surface area contributed by atoms with E-state index in [2.05, 4.69) is 14.7 Å². The summed E-state index contributed by atoms with van der Waals surface area (Å²) >= 11 is 1.55. The van der Waals surface area contributed by atoms with Crippen molar-refractivity contribution in [2.45, 2.75) is 63.3 Å². The van der Waals surface area contributed by atoms with Crippen LogP contribution < -0.4 is 5.32 Å². The molecular formula is C12H19N3S. The smallest absolute Gasteiger partial charge is 0.202 e. The van der Waals surface area contributed by atoms with Crippen LogP contribution >= 0.6 is 11.5 Å². The van der Waals surface area contributed by atoms with E-state index in [4.69, 9.17) is 0 Å². The minimum atomic E-state index is 0.641. The first-order chi connectivity index (χ1) is 7.92. The van der Waals surface area contributed by atoms with E-state index in [-0.39, 0.29) is 0 Å². The molecule has 0 radical (unpaired) electrons. The van der Waals surface area contributed by atoms with Crippen molar-refractivity contribution >= 4 is 16.7 Å². The van der Waals surface area contributed by atoms with Crippen LogP contribution in [0.15, 0.2) is 0 Å². The summed E-state index contributed by atoms with van der Waals surface area (Å²) in [4.78, 5) is 4.59. The van der Waals surface area contributed by atoms with E-state index in [9.17, 15) is 0 Å². The Morgan fingerprint density at radius 3 is 2.44 bits per heavy atom. The topological polar surface area (TPSA) is 37.8 Å². The van der Waals surface area contributed by atoms with E-state index in [1.54, 1.807) is 11.5 Å². The van der Waals surface area contributed by atoms with Crippen LogP contribution in [0.4, 0.5) is 5.13 Å². The van der Waals surface area contributed by atoms with Gasteiger partial charge in [-0.1, -0.05) is 25.7 Å². The Hall–Kier alpha value is -0.640. The molecule has 2 saturated carbocycles. The number of rotatable bonds is 3. The quantitative estimate of drug-likeness (QED) is 0.817. The maximum absolute atomic E-state index is 4.59. The molecule has 0 atom stereocenters. The van der Waals surface area contributed by atoms with Gasteiger partial charge in [-0.15, -0.1) is 0 Å². The van der Waals surface area contributed by atoms with Crippen LogP contribution in [0.3, 0.4) is 0 Å². The summed E-state index contributed by atoms with van der Waals surface area (Å²) in [5.41, 5.74) is 0. The maximum atomic E-state index is 4.59. The van der Waals surface area contributed by atoms with E-state index < -0.39 is 0 Å². The summed E-state index contributed by atoms with van der Waals surface area (Å²) in [6, 6.07) is 0.641. The van der Waals surface area contributed by atoms with Crippen molar-refractivity contribution < 1.29 is 0 Å². The van der Waals surface area contributed by atoms with Crippen LogP contribution in [0.5, 0.6) is 0 Å². The predicted molar refractivity (Wildman–Crippen MR) is 67.0 cm³/mol. The highest BCUT2D eigenvalue weighted by Gasteiger charge is 2.28. The molecule has 3 rings (SSSR count). The summed E-state index contributed by atoms with van der Waals surface area (Å²) < 4.78 is 4.44. The molecule has 2 aliphatic carbocycles. The van der Waals surface area contributed by atoms with E-state index in [1.165, 1.54) is 51.4 Å². The lowest BCUT2D eigenvalue weighted by atomic mass is 10.1. The van der Waals surface area contributed by atoms with Crippen molar-refractivity contribution in [3.8, 4) is 0 Å². The Morgan fingerprint density at radius 2 is 1.75 bits per heavy atom. The Labute approximate surface area is 101 Å². The number of anilines is 1. The number of nitrogens with one attached hydrogen (secondary N) is 1. The van der Waals surface area contributed by atoms with Gasteiger partial charge in [-0.05, 0) is 25.7 Å². The molecule has 1 heterocycles. The minimum absolute atomic E-state index is 0.641. The average Bonchev–Trinajstić information content (AvgIpc) is 3.07. The van der Waals surface area contributed by atoms with Crippen molar-refractivity contribution in [1.82, 2.24) is 9.36 Å². The van der Waals surface area contributed by atoms with Gasteiger partial charge in [0.2, 0.25) is 5.13 Å². The van der Waals surface area contributed by atoms with Crippen LogP contribution in [0.2, 0.25) is 0 Å². The highest BCUT2D eigenvalue weighted by molar-refractivity contribution is 7.09. The highest BCUT2D eigenvalue weighted by atomic mass is 32.1. The minimum Gasteiger partial charge on any atom is -0.358 e. The van der Waals surface area contributed by atoms with E-state index in [1.807, 2.05) is 0 Å². The molecule has 0 amide bonds. The fourth-order valence-electron chi connectivity index (χ4n) is 2.40. The van der Waals surface area contributed by atoms with Crippen LogP contribution in [0, 0.1) is 0 Å². The average molecular weight is 237 g/mol. The summed E-state index contributed by atoms with van der Waals surface area (Å²) in [5, 5.41) is 4.62. The number of aromatic nitrogens is 2. The summed E-state index contributed by atoms with van der Waals surface area (Å²) in [6.45, 7) is 0. The first-order valence-electron chi connectivity index (χ1n) is 6.52. The summed E-state index contributed by atoms with van der Waals surface area (Å²) in [6.07, 6.45) is 10.7. The predicted octanol–water partition coefficient (Wildman–Crippen LogP) is 3.55. The molecule has 4 heteroatoms. The van der Waals surface area contributed by atoms with Crippen LogP contribution in [-0.4, -0.2) is 15.4 Å². The second kappa shape index (κ2) is 4.70. The molecule has 0 saturated heterocycles. The van der Waals surface area contributed by atoms with Crippen LogP contribution in [0.25, 0.3) is 0 Å². The monoisotopic (exact) mass is 237 g/mol. The van der Waals surface area contributed by atoms with Crippen molar-refractivity contribution in [3.63, 3.8) is 0 Å². The maximum Gasteiger partial charge on any atom is 0.202 e.